The van der Waals surface area contributed by atoms with Crippen molar-refractivity contribution in [2.45, 2.75) is 46.0 Å². The van der Waals surface area contributed by atoms with Crippen molar-refractivity contribution >= 4 is 5.91 Å². The van der Waals surface area contributed by atoms with E-state index in [4.69, 9.17) is 0 Å². The number of carbonyl (C=O) groups excluding carboxylic acids is 1. The van der Waals surface area contributed by atoms with Crippen LogP contribution in [0.5, 0.6) is 0 Å². The van der Waals surface area contributed by atoms with Gasteiger partial charge in [0.1, 0.15) is 5.82 Å². The van der Waals surface area contributed by atoms with E-state index >= 15 is 0 Å². The zero-order valence-corrected chi connectivity index (χ0v) is 13.4. The van der Waals surface area contributed by atoms with Crippen LogP contribution in [0.4, 0.5) is 0 Å². The van der Waals surface area contributed by atoms with E-state index in [0.29, 0.717) is 19.4 Å². The van der Waals surface area contributed by atoms with Gasteiger partial charge in [-0.2, -0.15) is 5.10 Å². The molecule has 0 atom stereocenters. The predicted octanol–water partition coefficient (Wildman–Crippen LogP) is 2.55. The van der Waals surface area contributed by atoms with Crippen molar-refractivity contribution in [1.29, 1.82) is 0 Å². The van der Waals surface area contributed by atoms with Crippen molar-refractivity contribution in [3.63, 3.8) is 0 Å². The second kappa shape index (κ2) is 8.32. The third-order valence-electron chi connectivity index (χ3n) is 3.50. The number of aromatic amines is 1. The lowest BCUT2D eigenvalue weighted by Crippen LogP contribution is -2.25. The van der Waals surface area contributed by atoms with Crippen LogP contribution in [0, 0.1) is 6.92 Å². The number of rotatable bonds is 8. The van der Waals surface area contributed by atoms with E-state index < -0.39 is 0 Å². The molecule has 0 aliphatic carbocycles. The van der Waals surface area contributed by atoms with Gasteiger partial charge in [-0.1, -0.05) is 43.2 Å². The minimum atomic E-state index is 0.109. The highest BCUT2D eigenvalue weighted by atomic mass is 16.1. The molecular formula is C17H24N4O. The summed E-state index contributed by atoms with van der Waals surface area (Å²) in [7, 11) is 0. The Morgan fingerprint density at radius 3 is 2.77 bits per heavy atom. The van der Waals surface area contributed by atoms with Crippen molar-refractivity contribution in [3.05, 3.63) is 47.0 Å². The van der Waals surface area contributed by atoms with Gasteiger partial charge in [0.2, 0.25) is 5.91 Å². The second-order valence-electron chi connectivity index (χ2n) is 5.56. The third kappa shape index (κ3) is 5.31. The Morgan fingerprint density at radius 1 is 1.27 bits per heavy atom. The molecule has 0 unspecified atom stereocenters. The molecule has 0 aliphatic rings. The molecule has 5 heteroatoms. The molecule has 118 valence electrons. The van der Waals surface area contributed by atoms with E-state index in [1.54, 1.807) is 0 Å². The highest BCUT2D eigenvalue weighted by Gasteiger charge is 2.05. The Hall–Kier alpha value is -2.17. The van der Waals surface area contributed by atoms with Gasteiger partial charge in [-0.15, -0.1) is 0 Å². The molecular weight excluding hydrogens is 276 g/mol. The summed E-state index contributed by atoms with van der Waals surface area (Å²) >= 11 is 0. The average Bonchev–Trinajstić information content (AvgIpc) is 2.95. The van der Waals surface area contributed by atoms with E-state index in [0.717, 1.165) is 30.9 Å². The van der Waals surface area contributed by atoms with Crippen LogP contribution in [0.1, 0.15) is 49.0 Å². The highest BCUT2D eigenvalue weighted by Crippen LogP contribution is 2.07. The van der Waals surface area contributed by atoms with Gasteiger partial charge >= 0.3 is 0 Å². The van der Waals surface area contributed by atoms with Crippen LogP contribution in [0.2, 0.25) is 0 Å². The molecule has 1 amide bonds. The number of amides is 1. The van der Waals surface area contributed by atoms with Gasteiger partial charge in [0.05, 0.1) is 0 Å². The van der Waals surface area contributed by atoms with Gasteiger partial charge in [-0.05, 0) is 18.9 Å². The average molecular weight is 300 g/mol. The van der Waals surface area contributed by atoms with E-state index in [1.165, 1.54) is 11.1 Å². The molecule has 0 saturated carbocycles. The fraction of sp³-hybridized carbons (Fsp3) is 0.471. The highest BCUT2D eigenvalue weighted by molar-refractivity contribution is 5.75. The molecule has 0 bridgehead atoms. The number of nitrogens with one attached hydrogen (secondary N) is 2. The monoisotopic (exact) mass is 300 g/mol. The van der Waals surface area contributed by atoms with Crippen LogP contribution in [-0.2, 0) is 17.6 Å². The van der Waals surface area contributed by atoms with Crippen molar-refractivity contribution < 1.29 is 4.79 Å². The zero-order chi connectivity index (χ0) is 15.8. The topological polar surface area (TPSA) is 70.7 Å². The molecule has 0 saturated heterocycles. The minimum Gasteiger partial charge on any atom is -0.356 e. The standard InChI is InChI=1S/C17H24N4O/c1-3-4-5-17(22)18-11-10-15-19-16(21-20-15)12-14-8-6-13(2)7-9-14/h6-9H,3-5,10-12H2,1-2H3,(H,18,22)(H,19,20,21). The summed E-state index contributed by atoms with van der Waals surface area (Å²) in [6.45, 7) is 4.74. The maximum atomic E-state index is 11.5. The number of unbranched alkanes of at least 4 members (excludes halogenated alkanes) is 1. The van der Waals surface area contributed by atoms with E-state index in [-0.39, 0.29) is 5.91 Å². The maximum Gasteiger partial charge on any atom is 0.220 e. The lowest BCUT2D eigenvalue weighted by Gasteiger charge is -2.02. The number of carbonyl (C=O) groups is 1. The summed E-state index contributed by atoms with van der Waals surface area (Å²) in [6, 6.07) is 8.40. The third-order valence-corrected chi connectivity index (χ3v) is 3.50. The van der Waals surface area contributed by atoms with Gasteiger partial charge in [0.15, 0.2) is 5.82 Å². The van der Waals surface area contributed by atoms with Crippen LogP contribution in [0.3, 0.4) is 0 Å². The summed E-state index contributed by atoms with van der Waals surface area (Å²) in [6.07, 6.45) is 3.98. The lowest BCUT2D eigenvalue weighted by atomic mass is 10.1. The number of aromatic nitrogens is 3. The van der Waals surface area contributed by atoms with Crippen molar-refractivity contribution in [3.8, 4) is 0 Å². The minimum absolute atomic E-state index is 0.109. The summed E-state index contributed by atoms with van der Waals surface area (Å²) in [5.41, 5.74) is 2.46. The van der Waals surface area contributed by atoms with Crippen LogP contribution in [-0.4, -0.2) is 27.6 Å². The first kappa shape index (κ1) is 16.2. The SMILES string of the molecule is CCCCC(=O)NCCc1n[nH]c(Cc2ccc(C)cc2)n1. The van der Waals surface area contributed by atoms with Crippen LogP contribution < -0.4 is 5.32 Å². The van der Waals surface area contributed by atoms with Crippen molar-refractivity contribution in [2.75, 3.05) is 6.54 Å². The Labute approximate surface area is 131 Å². The largest absolute Gasteiger partial charge is 0.356 e. The maximum absolute atomic E-state index is 11.5. The number of hydrogen-bond acceptors (Lipinski definition) is 3. The Balaban J connectivity index is 1.76. The molecule has 2 N–H and O–H groups in total. The van der Waals surface area contributed by atoms with E-state index in [2.05, 4.69) is 58.6 Å². The summed E-state index contributed by atoms with van der Waals surface area (Å²) in [4.78, 5) is 16.0. The quantitative estimate of drug-likeness (QED) is 0.787. The lowest BCUT2D eigenvalue weighted by molar-refractivity contribution is -0.121. The van der Waals surface area contributed by atoms with Crippen LogP contribution in [0.15, 0.2) is 24.3 Å². The van der Waals surface area contributed by atoms with Crippen LogP contribution >= 0.6 is 0 Å². The number of hydrogen-bond donors (Lipinski definition) is 2. The molecule has 1 heterocycles. The normalized spacial score (nSPS) is 10.6. The second-order valence-corrected chi connectivity index (χ2v) is 5.56. The number of benzene rings is 1. The summed E-state index contributed by atoms with van der Waals surface area (Å²) < 4.78 is 0. The van der Waals surface area contributed by atoms with Crippen molar-refractivity contribution in [1.82, 2.24) is 20.5 Å². The number of aryl methyl sites for hydroxylation is 1. The Morgan fingerprint density at radius 2 is 2.05 bits per heavy atom. The number of H-pyrrole nitrogens is 1. The Kier molecular flexibility index (Phi) is 6.13. The molecule has 2 aromatic rings. The molecule has 0 radical (unpaired) electrons. The molecule has 0 fully saturated rings. The van der Waals surface area contributed by atoms with Gasteiger partial charge in [-0.3, -0.25) is 9.89 Å². The summed E-state index contributed by atoms with van der Waals surface area (Å²) in [5.74, 6) is 1.71. The first-order chi connectivity index (χ1) is 10.7. The zero-order valence-electron chi connectivity index (χ0n) is 13.4. The van der Waals surface area contributed by atoms with Gasteiger partial charge in [0, 0.05) is 25.8 Å². The van der Waals surface area contributed by atoms with Crippen LogP contribution in [0.25, 0.3) is 0 Å². The first-order valence-electron chi connectivity index (χ1n) is 7.89. The van der Waals surface area contributed by atoms with E-state index in [9.17, 15) is 4.79 Å². The first-order valence-corrected chi connectivity index (χ1v) is 7.89. The molecule has 1 aromatic heterocycles. The van der Waals surface area contributed by atoms with Gasteiger partial charge in [-0.25, -0.2) is 4.98 Å². The molecule has 5 nitrogen and oxygen atoms in total. The van der Waals surface area contributed by atoms with Gasteiger partial charge in [0.25, 0.3) is 0 Å². The smallest absolute Gasteiger partial charge is 0.220 e. The molecule has 2 rings (SSSR count). The molecule has 22 heavy (non-hydrogen) atoms. The van der Waals surface area contributed by atoms with Gasteiger partial charge < -0.3 is 5.32 Å². The number of nitrogens with zero attached hydrogens (tertiary/aromatic N) is 2. The molecule has 0 aliphatic heterocycles. The fourth-order valence-electron chi connectivity index (χ4n) is 2.16. The predicted molar refractivity (Wildman–Crippen MR) is 86.6 cm³/mol. The Bertz CT molecular complexity index is 589. The molecule has 1 aromatic carbocycles. The van der Waals surface area contributed by atoms with Crippen molar-refractivity contribution in [2.24, 2.45) is 0 Å². The van der Waals surface area contributed by atoms with E-state index in [1.807, 2.05) is 0 Å². The fourth-order valence-corrected chi connectivity index (χ4v) is 2.16. The molecule has 0 spiro atoms. The summed E-state index contributed by atoms with van der Waals surface area (Å²) in [5, 5.41) is 10.1.